The largest absolute Gasteiger partial charge is 0.314 e. The predicted molar refractivity (Wildman–Crippen MR) is 87.2 cm³/mol. The van der Waals surface area contributed by atoms with E-state index < -0.39 is 0 Å². The maximum absolute atomic E-state index is 4.52. The summed E-state index contributed by atoms with van der Waals surface area (Å²) in [4.78, 5) is 4.52. The van der Waals surface area contributed by atoms with Gasteiger partial charge in [-0.2, -0.15) is 5.10 Å². The highest BCUT2D eigenvalue weighted by molar-refractivity contribution is 4.93. The molecule has 21 heavy (non-hydrogen) atoms. The Morgan fingerprint density at radius 3 is 2.57 bits per heavy atom. The Morgan fingerprint density at radius 2 is 1.95 bits per heavy atom. The second-order valence-corrected chi connectivity index (χ2v) is 6.87. The monoisotopic (exact) mass is 292 g/mol. The fraction of sp³-hybridized carbons (Fsp3) is 0.882. The van der Waals surface area contributed by atoms with Crippen molar-refractivity contribution in [3.8, 4) is 0 Å². The van der Waals surface area contributed by atoms with Gasteiger partial charge >= 0.3 is 0 Å². The molecule has 1 fully saturated rings. The van der Waals surface area contributed by atoms with Crippen molar-refractivity contribution in [1.82, 2.24) is 20.1 Å². The maximum atomic E-state index is 4.52. The summed E-state index contributed by atoms with van der Waals surface area (Å²) in [7, 11) is 0. The number of hydrogen-bond acceptors (Lipinski definition) is 3. The van der Waals surface area contributed by atoms with E-state index in [0.29, 0.717) is 12.0 Å². The van der Waals surface area contributed by atoms with Crippen molar-refractivity contribution < 1.29 is 0 Å². The molecule has 1 aromatic heterocycles. The van der Waals surface area contributed by atoms with E-state index in [1.165, 1.54) is 38.5 Å². The SMILES string of the molecule is CCNC(Cc1ncnn1CC(C)C)C1CCCCCC1. The van der Waals surface area contributed by atoms with Crippen LogP contribution in [0.5, 0.6) is 0 Å². The smallest absolute Gasteiger partial charge is 0.138 e. The van der Waals surface area contributed by atoms with Gasteiger partial charge in [-0.05, 0) is 31.2 Å². The molecule has 120 valence electrons. The first-order valence-corrected chi connectivity index (χ1v) is 8.80. The van der Waals surface area contributed by atoms with E-state index in [9.17, 15) is 0 Å². The van der Waals surface area contributed by atoms with E-state index in [4.69, 9.17) is 0 Å². The van der Waals surface area contributed by atoms with Crippen LogP contribution in [-0.4, -0.2) is 27.4 Å². The van der Waals surface area contributed by atoms with Crippen LogP contribution in [-0.2, 0) is 13.0 Å². The molecule has 1 saturated carbocycles. The van der Waals surface area contributed by atoms with Gasteiger partial charge in [0.15, 0.2) is 0 Å². The normalized spacial score (nSPS) is 18.9. The highest BCUT2D eigenvalue weighted by atomic mass is 15.3. The Bertz CT molecular complexity index is 391. The van der Waals surface area contributed by atoms with Gasteiger partial charge in [0.05, 0.1) is 0 Å². The Hall–Kier alpha value is -0.900. The predicted octanol–water partition coefficient (Wildman–Crippen LogP) is 3.43. The standard InChI is InChI=1S/C17H32N4/c1-4-18-16(15-9-7-5-6-8-10-15)11-17-19-13-20-21(17)12-14(2)3/h13-16,18H,4-12H2,1-3H3. The Labute approximate surface area is 129 Å². The van der Waals surface area contributed by atoms with Crippen LogP contribution in [0.3, 0.4) is 0 Å². The highest BCUT2D eigenvalue weighted by Gasteiger charge is 2.24. The van der Waals surface area contributed by atoms with Gasteiger partial charge in [0.25, 0.3) is 0 Å². The van der Waals surface area contributed by atoms with E-state index in [0.717, 1.165) is 31.3 Å². The van der Waals surface area contributed by atoms with Crippen LogP contribution >= 0.6 is 0 Å². The summed E-state index contributed by atoms with van der Waals surface area (Å²) in [5.41, 5.74) is 0. The molecule has 4 heteroatoms. The molecule has 0 spiro atoms. The second kappa shape index (κ2) is 8.52. The van der Waals surface area contributed by atoms with E-state index in [-0.39, 0.29) is 0 Å². The van der Waals surface area contributed by atoms with E-state index >= 15 is 0 Å². The van der Waals surface area contributed by atoms with Gasteiger partial charge in [0.2, 0.25) is 0 Å². The lowest BCUT2D eigenvalue weighted by Gasteiger charge is -2.27. The molecule has 1 aromatic rings. The van der Waals surface area contributed by atoms with Crippen LogP contribution < -0.4 is 5.32 Å². The minimum absolute atomic E-state index is 0.559. The van der Waals surface area contributed by atoms with Crippen molar-refractivity contribution in [3.05, 3.63) is 12.2 Å². The van der Waals surface area contributed by atoms with Gasteiger partial charge in [0, 0.05) is 19.0 Å². The Balaban J connectivity index is 2.03. The van der Waals surface area contributed by atoms with E-state index in [2.05, 4.69) is 40.9 Å². The molecular formula is C17H32N4. The summed E-state index contributed by atoms with van der Waals surface area (Å²) in [6.45, 7) is 8.69. The van der Waals surface area contributed by atoms with Gasteiger partial charge in [-0.1, -0.05) is 46.5 Å². The topological polar surface area (TPSA) is 42.7 Å². The first kappa shape index (κ1) is 16.5. The molecule has 1 N–H and O–H groups in total. The zero-order chi connectivity index (χ0) is 15.1. The Morgan fingerprint density at radius 1 is 1.24 bits per heavy atom. The van der Waals surface area contributed by atoms with Crippen LogP contribution in [0.25, 0.3) is 0 Å². The van der Waals surface area contributed by atoms with Crippen molar-refractivity contribution in [2.45, 2.75) is 78.3 Å². The van der Waals surface area contributed by atoms with Gasteiger partial charge in [-0.3, -0.25) is 0 Å². The number of aromatic nitrogens is 3. The minimum Gasteiger partial charge on any atom is -0.314 e. The van der Waals surface area contributed by atoms with Crippen molar-refractivity contribution in [2.24, 2.45) is 11.8 Å². The average Bonchev–Trinajstić information content (AvgIpc) is 2.72. The molecule has 0 aliphatic heterocycles. The maximum Gasteiger partial charge on any atom is 0.138 e. The summed E-state index contributed by atoms with van der Waals surface area (Å²) in [5.74, 6) is 2.57. The first-order valence-electron chi connectivity index (χ1n) is 8.80. The molecule has 0 aromatic carbocycles. The lowest BCUT2D eigenvalue weighted by atomic mass is 9.89. The van der Waals surface area contributed by atoms with Gasteiger partial charge in [-0.15, -0.1) is 0 Å². The first-order chi connectivity index (χ1) is 10.2. The third-order valence-corrected chi connectivity index (χ3v) is 4.57. The van der Waals surface area contributed by atoms with Crippen LogP contribution in [0, 0.1) is 11.8 Å². The number of nitrogens with zero attached hydrogens (tertiary/aromatic N) is 3. The molecule has 1 heterocycles. The molecule has 0 amide bonds. The quantitative estimate of drug-likeness (QED) is 0.783. The molecule has 0 bridgehead atoms. The fourth-order valence-corrected chi connectivity index (χ4v) is 3.52. The lowest BCUT2D eigenvalue weighted by molar-refractivity contribution is 0.312. The summed E-state index contributed by atoms with van der Waals surface area (Å²) >= 11 is 0. The zero-order valence-electron chi connectivity index (χ0n) is 14.0. The molecule has 1 aliphatic carbocycles. The van der Waals surface area contributed by atoms with Crippen molar-refractivity contribution in [3.63, 3.8) is 0 Å². The van der Waals surface area contributed by atoms with Crippen LogP contribution in [0.4, 0.5) is 0 Å². The number of rotatable bonds is 7. The van der Waals surface area contributed by atoms with Gasteiger partial charge in [-0.25, -0.2) is 9.67 Å². The molecule has 4 nitrogen and oxygen atoms in total. The van der Waals surface area contributed by atoms with Crippen LogP contribution in [0.2, 0.25) is 0 Å². The summed E-state index contributed by atoms with van der Waals surface area (Å²) in [6.07, 6.45) is 11.1. The van der Waals surface area contributed by atoms with Crippen molar-refractivity contribution >= 4 is 0 Å². The lowest BCUT2D eigenvalue weighted by Crippen LogP contribution is -2.38. The minimum atomic E-state index is 0.559. The number of likely N-dealkylation sites (N-methyl/N-ethyl adjacent to an activating group) is 1. The number of hydrogen-bond donors (Lipinski definition) is 1. The molecule has 1 unspecified atom stereocenters. The van der Waals surface area contributed by atoms with Crippen molar-refractivity contribution in [1.29, 1.82) is 0 Å². The fourth-order valence-electron chi connectivity index (χ4n) is 3.52. The molecule has 1 atom stereocenters. The molecular weight excluding hydrogens is 260 g/mol. The molecule has 0 saturated heterocycles. The zero-order valence-corrected chi connectivity index (χ0v) is 14.0. The Kier molecular flexibility index (Phi) is 6.68. The van der Waals surface area contributed by atoms with E-state index in [1.54, 1.807) is 6.33 Å². The average molecular weight is 292 g/mol. The summed E-state index contributed by atoms with van der Waals surface area (Å²) < 4.78 is 2.10. The molecule has 0 radical (unpaired) electrons. The summed E-state index contributed by atoms with van der Waals surface area (Å²) in [5, 5.41) is 8.13. The van der Waals surface area contributed by atoms with Crippen molar-refractivity contribution in [2.75, 3.05) is 6.54 Å². The van der Waals surface area contributed by atoms with E-state index in [1.807, 2.05) is 0 Å². The molecule has 2 rings (SSSR count). The van der Waals surface area contributed by atoms with Crippen LogP contribution in [0.1, 0.15) is 65.1 Å². The molecule has 1 aliphatic rings. The highest BCUT2D eigenvalue weighted by Crippen LogP contribution is 2.27. The van der Waals surface area contributed by atoms with Crippen LogP contribution in [0.15, 0.2) is 6.33 Å². The second-order valence-electron chi connectivity index (χ2n) is 6.87. The van der Waals surface area contributed by atoms with Gasteiger partial charge in [0.1, 0.15) is 12.2 Å². The third-order valence-electron chi connectivity index (χ3n) is 4.57. The van der Waals surface area contributed by atoms with Gasteiger partial charge < -0.3 is 5.32 Å². The number of nitrogens with one attached hydrogen (secondary N) is 1. The third kappa shape index (κ3) is 5.10. The summed E-state index contributed by atoms with van der Waals surface area (Å²) in [6, 6.07) is 0.559.